The van der Waals surface area contributed by atoms with E-state index in [0.717, 1.165) is 73.5 Å². The summed E-state index contributed by atoms with van der Waals surface area (Å²) < 4.78 is 6.14. The van der Waals surface area contributed by atoms with Crippen molar-refractivity contribution >= 4 is 5.97 Å². The van der Waals surface area contributed by atoms with Crippen LogP contribution in [-0.4, -0.2) is 12.1 Å². The van der Waals surface area contributed by atoms with Crippen LogP contribution in [0, 0.1) is 52.3 Å². The molecule has 0 heterocycles. The molecule has 0 aromatic carbocycles. The molecule has 9 unspecified atom stereocenters. The Morgan fingerprint density at radius 2 is 1.46 bits per heavy atom. The third kappa shape index (κ3) is 12.0. The minimum atomic E-state index is 0.0429. The van der Waals surface area contributed by atoms with Crippen LogP contribution in [0.3, 0.4) is 0 Å². The highest BCUT2D eigenvalue weighted by Crippen LogP contribution is 2.67. The average Bonchev–Trinajstić information content (AvgIpc) is 3.48. The van der Waals surface area contributed by atoms with E-state index in [-0.39, 0.29) is 12.1 Å². The second kappa shape index (κ2) is 22.1. The zero-order valence-electron chi connectivity index (χ0n) is 35.4. The van der Waals surface area contributed by atoms with Gasteiger partial charge in [-0.3, -0.25) is 4.79 Å². The molecular weight excluding hydrogens is 633 g/mol. The smallest absolute Gasteiger partial charge is 0.306 e. The van der Waals surface area contributed by atoms with Crippen LogP contribution in [0.2, 0.25) is 0 Å². The molecule has 0 bridgehead atoms. The topological polar surface area (TPSA) is 26.3 Å². The molecule has 4 aliphatic carbocycles. The molecule has 0 N–H and O–H groups in total. The van der Waals surface area contributed by atoms with Gasteiger partial charge in [0, 0.05) is 12.8 Å². The molecule has 0 saturated heterocycles. The van der Waals surface area contributed by atoms with Crippen molar-refractivity contribution in [3.8, 4) is 0 Å². The van der Waals surface area contributed by atoms with Crippen molar-refractivity contribution in [3.63, 3.8) is 0 Å². The summed E-state index contributed by atoms with van der Waals surface area (Å²) in [6.45, 7) is 17.4. The fourth-order valence-electron chi connectivity index (χ4n) is 12.0. The van der Waals surface area contributed by atoms with Gasteiger partial charge in [-0.25, -0.2) is 0 Å². The molecule has 0 aromatic rings. The van der Waals surface area contributed by atoms with Crippen LogP contribution >= 0.6 is 0 Å². The van der Waals surface area contributed by atoms with Gasteiger partial charge in [0.05, 0.1) is 0 Å². The molecule has 2 heteroatoms. The van der Waals surface area contributed by atoms with Crippen molar-refractivity contribution in [1.29, 1.82) is 0 Å². The van der Waals surface area contributed by atoms with Gasteiger partial charge in [0.25, 0.3) is 0 Å². The molecule has 9 atom stereocenters. The van der Waals surface area contributed by atoms with E-state index < -0.39 is 0 Å². The molecule has 4 aliphatic rings. The summed E-state index contributed by atoms with van der Waals surface area (Å²) in [7, 11) is 0. The summed E-state index contributed by atoms with van der Waals surface area (Å²) in [6, 6.07) is 0. The maximum atomic E-state index is 12.9. The average molecular weight is 717 g/mol. The van der Waals surface area contributed by atoms with E-state index in [1.807, 2.05) is 0 Å². The molecule has 0 radical (unpaired) electrons. The SMILES string of the molecule is CCCCCCC/C=C/C=C/C=C/CCCCCCCC(=O)OC1CCC2(C)C(=CCC3C2CCC2(C)C(C(C)CCC(CC)C(C)C)CCC32)C1. The quantitative estimate of drug-likeness (QED) is 0.0455. The van der Waals surface area contributed by atoms with Crippen LogP contribution < -0.4 is 0 Å². The van der Waals surface area contributed by atoms with E-state index in [9.17, 15) is 4.79 Å². The van der Waals surface area contributed by atoms with Crippen molar-refractivity contribution in [1.82, 2.24) is 0 Å². The Kier molecular flexibility index (Phi) is 18.3. The van der Waals surface area contributed by atoms with Crippen LogP contribution in [0.5, 0.6) is 0 Å². The van der Waals surface area contributed by atoms with Crippen LogP contribution in [0.25, 0.3) is 0 Å². The zero-order chi connectivity index (χ0) is 37.4. The number of allylic oxidation sites excluding steroid dienone is 7. The first-order valence-corrected chi connectivity index (χ1v) is 23.0. The molecule has 0 aromatic heterocycles. The van der Waals surface area contributed by atoms with Crippen molar-refractivity contribution in [3.05, 3.63) is 48.1 Å². The predicted octanol–water partition coefficient (Wildman–Crippen LogP) is 15.3. The third-order valence-corrected chi connectivity index (χ3v) is 15.4. The molecule has 3 fully saturated rings. The van der Waals surface area contributed by atoms with Crippen LogP contribution in [0.15, 0.2) is 48.1 Å². The first-order valence-electron chi connectivity index (χ1n) is 23.0. The molecular formula is C50H84O2. The Morgan fingerprint density at radius 1 is 0.788 bits per heavy atom. The van der Waals surface area contributed by atoms with Gasteiger partial charge in [0.1, 0.15) is 6.10 Å². The second-order valence-corrected chi connectivity index (χ2v) is 19.1. The fourth-order valence-corrected chi connectivity index (χ4v) is 12.0. The molecule has 0 spiro atoms. The van der Waals surface area contributed by atoms with Crippen LogP contribution in [0.1, 0.15) is 203 Å². The van der Waals surface area contributed by atoms with Gasteiger partial charge in [0.2, 0.25) is 0 Å². The largest absolute Gasteiger partial charge is 0.462 e. The lowest BCUT2D eigenvalue weighted by Gasteiger charge is -2.58. The van der Waals surface area contributed by atoms with E-state index in [4.69, 9.17) is 4.74 Å². The monoisotopic (exact) mass is 717 g/mol. The highest BCUT2D eigenvalue weighted by Gasteiger charge is 2.59. The molecule has 52 heavy (non-hydrogen) atoms. The number of ether oxygens (including phenoxy) is 1. The Balaban J connectivity index is 1.11. The fraction of sp³-hybridized carbons (Fsp3) is 0.820. The number of hydrogen-bond acceptors (Lipinski definition) is 2. The van der Waals surface area contributed by atoms with E-state index >= 15 is 0 Å². The Bertz CT molecular complexity index is 1160. The lowest BCUT2D eigenvalue weighted by molar-refractivity contribution is -0.151. The maximum absolute atomic E-state index is 12.9. The van der Waals surface area contributed by atoms with Gasteiger partial charge in [-0.15, -0.1) is 0 Å². The Morgan fingerprint density at radius 3 is 2.13 bits per heavy atom. The van der Waals surface area contributed by atoms with Gasteiger partial charge in [0.15, 0.2) is 0 Å². The molecule has 0 amide bonds. The Labute approximate surface area is 323 Å². The molecule has 2 nitrogen and oxygen atoms in total. The first kappa shape index (κ1) is 43.2. The number of fused-ring (bicyclic) bond motifs is 5. The highest BCUT2D eigenvalue weighted by molar-refractivity contribution is 5.69. The summed E-state index contributed by atoms with van der Waals surface area (Å²) in [5.41, 5.74) is 2.49. The van der Waals surface area contributed by atoms with Gasteiger partial charge >= 0.3 is 5.97 Å². The van der Waals surface area contributed by atoms with E-state index in [1.54, 1.807) is 5.57 Å². The minimum absolute atomic E-state index is 0.0429. The van der Waals surface area contributed by atoms with Gasteiger partial charge in [-0.2, -0.15) is 0 Å². The number of esters is 1. The molecule has 3 saturated carbocycles. The van der Waals surface area contributed by atoms with Crippen LogP contribution in [0.4, 0.5) is 0 Å². The van der Waals surface area contributed by atoms with Gasteiger partial charge < -0.3 is 4.74 Å². The first-order chi connectivity index (χ1) is 25.1. The van der Waals surface area contributed by atoms with Gasteiger partial charge in [-0.1, -0.05) is 154 Å². The van der Waals surface area contributed by atoms with Crippen molar-refractivity contribution in [2.24, 2.45) is 52.3 Å². The van der Waals surface area contributed by atoms with Crippen molar-refractivity contribution in [2.45, 2.75) is 209 Å². The molecule has 0 aliphatic heterocycles. The van der Waals surface area contributed by atoms with E-state index in [1.165, 1.54) is 116 Å². The maximum Gasteiger partial charge on any atom is 0.306 e. The van der Waals surface area contributed by atoms with Crippen molar-refractivity contribution in [2.75, 3.05) is 0 Å². The number of hydrogen-bond donors (Lipinski definition) is 0. The second-order valence-electron chi connectivity index (χ2n) is 19.1. The summed E-state index contributed by atoms with van der Waals surface area (Å²) >= 11 is 0. The zero-order valence-corrected chi connectivity index (χ0v) is 35.4. The normalized spacial score (nSPS) is 31.5. The lowest BCUT2D eigenvalue weighted by atomic mass is 9.47. The molecule has 4 rings (SSSR count). The number of unbranched alkanes of at least 4 members (excludes halogenated alkanes) is 10. The lowest BCUT2D eigenvalue weighted by Crippen LogP contribution is -2.51. The number of carbonyl (C=O) groups is 1. The summed E-state index contributed by atoms with van der Waals surface area (Å²) in [4.78, 5) is 12.9. The molecule has 296 valence electrons. The standard InChI is InChI=1S/C50H84O2/c1-8-10-11-12-13-14-15-16-17-18-19-20-21-22-23-24-25-26-27-48(51)52-43-34-36-49(6)42(38-43)30-31-44-46-33-32-45(50(46,7)37-35-47(44)49)40(5)28-29-41(9-2)39(3)4/h15-20,30,39-41,43-47H,8-14,21-29,31-38H2,1-7H3/b16-15+,18-17+,20-19+. The minimum Gasteiger partial charge on any atom is -0.462 e. The van der Waals surface area contributed by atoms with E-state index in [2.05, 4.69) is 91.0 Å². The highest BCUT2D eigenvalue weighted by atomic mass is 16.5. The van der Waals surface area contributed by atoms with Crippen molar-refractivity contribution < 1.29 is 9.53 Å². The summed E-state index contributed by atoms with van der Waals surface area (Å²) in [5, 5.41) is 0. The van der Waals surface area contributed by atoms with Crippen LogP contribution in [-0.2, 0) is 9.53 Å². The number of rotatable bonds is 23. The third-order valence-electron chi connectivity index (χ3n) is 15.4. The Hall–Kier alpha value is -1.57. The summed E-state index contributed by atoms with van der Waals surface area (Å²) in [5.74, 6) is 6.10. The van der Waals surface area contributed by atoms with Gasteiger partial charge in [-0.05, 0) is 136 Å². The summed E-state index contributed by atoms with van der Waals surface area (Å²) in [6.07, 6.45) is 46.0. The number of carbonyl (C=O) groups excluding carboxylic acids is 1. The van der Waals surface area contributed by atoms with E-state index in [0.29, 0.717) is 17.3 Å². The predicted molar refractivity (Wildman–Crippen MR) is 225 cm³/mol.